The molecular weight excluding hydrogens is 356 g/mol. The summed E-state index contributed by atoms with van der Waals surface area (Å²) in [5, 5.41) is 7.78. The van der Waals surface area contributed by atoms with Crippen LogP contribution in [0.1, 0.15) is 11.1 Å². The molecule has 0 radical (unpaired) electrons. The molecule has 0 unspecified atom stereocenters. The van der Waals surface area contributed by atoms with Crippen molar-refractivity contribution in [1.82, 2.24) is 10.9 Å². The molecule has 0 spiro atoms. The number of hydrogen-bond donors (Lipinski definition) is 2. The zero-order valence-corrected chi connectivity index (χ0v) is 15.4. The number of benzene rings is 2. The Bertz CT molecular complexity index is 793. The first kappa shape index (κ1) is 20.4. The first-order chi connectivity index (χ1) is 13.7. The van der Waals surface area contributed by atoms with Gasteiger partial charge in [-0.2, -0.15) is 10.2 Å². The molecule has 2 rings (SSSR count). The molecule has 0 bridgehead atoms. The first-order valence-electron chi connectivity index (χ1n) is 8.52. The van der Waals surface area contributed by atoms with E-state index in [1.165, 1.54) is 12.4 Å². The van der Waals surface area contributed by atoms with Crippen LogP contribution in [-0.4, -0.2) is 31.7 Å². The second kappa shape index (κ2) is 11.7. The lowest BCUT2D eigenvalue weighted by Crippen LogP contribution is -2.28. The first-order valence-corrected chi connectivity index (χ1v) is 8.52. The van der Waals surface area contributed by atoms with Crippen LogP contribution in [0.25, 0.3) is 0 Å². The van der Waals surface area contributed by atoms with Crippen LogP contribution >= 0.6 is 0 Å². The number of hydrogen-bond acceptors (Lipinski definition) is 5. The Morgan fingerprint density at radius 3 is 1.68 bits per heavy atom. The molecule has 0 aliphatic carbocycles. The molecule has 0 atom stereocenters. The SMILES string of the molecule is C=CCOc1ccccc1C=NNC(=O)N/N=C/c1ccccc1OCC=C. The van der Waals surface area contributed by atoms with Crippen LogP contribution in [-0.2, 0) is 0 Å². The van der Waals surface area contributed by atoms with Crippen molar-refractivity contribution < 1.29 is 14.3 Å². The Hall–Kier alpha value is -3.87. The molecule has 2 aromatic rings. The monoisotopic (exact) mass is 378 g/mol. The Balaban J connectivity index is 1.88. The number of hydrazone groups is 2. The minimum absolute atomic E-state index is 0.380. The standard InChI is InChI=1S/C21H22N4O3/c1-3-13-27-19-11-7-5-9-17(19)15-22-24-21(26)25-23-16-18-10-6-8-12-20(18)28-14-4-2/h3-12,15-16H,1-2,13-14H2,(H2,24,25,26)/b22-15+,23-16?. The molecule has 144 valence electrons. The van der Waals surface area contributed by atoms with Crippen molar-refractivity contribution in [2.75, 3.05) is 13.2 Å². The third-order valence-corrected chi connectivity index (χ3v) is 3.29. The molecule has 0 saturated carbocycles. The van der Waals surface area contributed by atoms with E-state index in [2.05, 4.69) is 34.2 Å². The summed E-state index contributed by atoms with van der Waals surface area (Å²) in [5.74, 6) is 1.28. The minimum Gasteiger partial charge on any atom is -0.489 e. The second-order valence-corrected chi connectivity index (χ2v) is 5.34. The Morgan fingerprint density at radius 2 is 1.25 bits per heavy atom. The molecule has 0 heterocycles. The average molecular weight is 378 g/mol. The molecule has 0 saturated heterocycles. The summed E-state index contributed by atoms with van der Waals surface area (Å²) in [6, 6.07) is 14.1. The molecule has 7 heteroatoms. The van der Waals surface area contributed by atoms with E-state index in [0.717, 1.165) is 11.1 Å². The van der Waals surface area contributed by atoms with Gasteiger partial charge in [0.1, 0.15) is 24.7 Å². The van der Waals surface area contributed by atoms with Gasteiger partial charge in [0.2, 0.25) is 0 Å². The van der Waals surface area contributed by atoms with Crippen molar-refractivity contribution in [2.45, 2.75) is 0 Å². The van der Waals surface area contributed by atoms with Crippen molar-refractivity contribution in [3.05, 3.63) is 85.0 Å². The molecule has 2 amide bonds. The number of nitrogens with zero attached hydrogens (tertiary/aromatic N) is 2. The van der Waals surface area contributed by atoms with Crippen molar-refractivity contribution >= 4 is 18.5 Å². The number of para-hydroxylation sites is 2. The topological polar surface area (TPSA) is 84.3 Å². The number of urea groups is 1. The molecule has 0 aliphatic heterocycles. The lowest BCUT2D eigenvalue weighted by Gasteiger charge is -2.06. The van der Waals surface area contributed by atoms with Gasteiger partial charge in [-0.15, -0.1) is 0 Å². The summed E-state index contributed by atoms with van der Waals surface area (Å²) in [7, 11) is 0. The van der Waals surface area contributed by atoms with Crippen LogP contribution in [0, 0.1) is 0 Å². The maximum atomic E-state index is 11.8. The van der Waals surface area contributed by atoms with E-state index in [1.54, 1.807) is 24.3 Å². The van der Waals surface area contributed by atoms with E-state index in [-0.39, 0.29) is 0 Å². The second-order valence-electron chi connectivity index (χ2n) is 5.34. The zero-order valence-electron chi connectivity index (χ0n) is 15.4. The van der Waals surface area contributed by atoms with Crippen LogP contribution in [0.5, 0.6) is 11.5 Å². The summed E-state index contributed by atoms with van der Waals surface area (Å²) < 4.78 is 11.0. The summed E-state index contributed by atoms with van der Waals surface area (Å²) >= 11 is 0. The fraction of sp³-hybridized carbons (Fsp3) is 0.0952. The van der Waals surface area contributed by atoms with Crippen LogP contribution < -0.4 is 20.3 Å². The number of carbonyl (C=O) groups excluding carboxylic acids is 1. The van der Waals surface area contributed by atoms with Gasteiger partial charge in [0.05, 0.1) is 12.4 Å². The van der Waals surface area contributed by atoms with Gasteiger partial charge in [0, 0.05) is 11.1 Å². The zero-order chi connectivity index (χ0) is 20.0. The molecule has 28 heavy (non-hydrogen) atoms. The number of ether oxygens (including phenoxy) is 2. The fourth-order valence-electron chi connectivity index (χ4n) is 2.08. The van der Waals surface area contributed by atoms with Crippen LogP contribution in [0.3, 0.4) is 0 Å². The van der Waals surface area contributed by atoms with Gasteiger partial charge in [0.15, 0.2) is 0 Å². The number of rotatable bonds is 10. The summed E-state index contributed by atoms with van der Waals surface area (Å²) in [4.78, 5) is 11.8. The van der Waals surface area contributed by atoms with E-state index >= 15 is 0 Å². The summed E-state index contributed by atoms with van der Waals surface area (Å²) in [6.07, 6.45) is 6.27. The highest BCUT2D eigenvalue weighted by molar-refractivity contribution is 5.86. The van der Waals surface area contributed by atoms with Gasteiger partial charge < -0.3 is 9.47 Å². The lowest BCUT2D eigenvalue weighted by molar-refractivity contribution is 0.242. The van der Waals surface area contributed by atoms with Gasteiger partial charge in [-0.25, -0.2) is 15.6 Å². The van der Waals surface area contributed by atoms with Gasteiger partial charge in [-0.05, 0) is 24.3 Å². The van der Waals surface area contributed by atoms with Crippen LogP contribution in [0.4, 0.5) is 4.79 Å². The van der Waals surface area contributed by atoms with Crippen molar-refractivity contribution in [2.24, 2.45) is 10.2 Å². The Morgan fingerprint density at radius 1 is 0.821 bits per heavy atom. The largest absolute Gasteiger partial charge is 0.489 e. The number of nitrogens with one attached hydrogen (secondary N) is 2. The van der Waals surface area contributed by atoms with Crippen molar-refractivity contribution in [3.63, 3.8) is 0 Å². The van der Waals surface area contributed by atoms with Gasteiger partial charge >= 0.3 is 6.03 Å². The normalized spacial score (nSPS) is 10.6. The smallest absolute Gasteiger partial charge is 0.355 e. The molecule has 7 nitrogen and oxygen atoms in total. The molecule has 2 N–H and O–H groups in total. The summed E-state index contributed by atoms with van der Waals surface area (Å²) in [6.45, 7) is 7.98. The maximum Gasteiger partial charge on any atom is 0.355 e. The third kappa shape index (κ3) is 6.80. The molecule has 0 aliphatic rings. The highest BCUT2D eigenvalue weighted by Crippen LogP contribution is 2.16. The van der Waals surface area contributed by atoms with Gasteiger partial charge in [-0.1, -0.05) is 49.6 Å². The Labute approximate surface area is 164 Å². The fourth-order valence-corrected chi connectivity index (χ4v) is 2.08. The number of carbonyl (C=O) groups is 1. The average Bonchev–Trinajstić information content (AvgIpc) is 2.72. The van der Waals surface area contributed by atoms with E-state index in [1.807, 2.05) is 36.4 Å². The maximum absolute atomic E-state index is 11.8. The Kier molecular flexibility index (Phi) is 8.53. The number of amides is 2. The highest BCUT2D eigenvalue weighted by atomic mass is 16.5. The van der Waals surface area contributed by atoms with Gasteiger partial charge in [0.25, 0.3) is 0 Å². The third-order valence-electron chi connectivity index (χ3n) is 3.29. The van der Waals surface area contributed by atoms with Crippen LogP contribution in [0.15, 0.2) is 84.0 Å². The van der Waals surface area contributed by atoms with Crippen LogP contribution in [0.2, 0.25) is 0 Å². The predicted molar refractivity (Wildman–Crippen MR) is 111 cm³/mol. The molecule has 2 aromatic carbocycles. The van der Waals surface area contributed by atoms with E-state index < -0.39 is 6.03 Å². The molecule has 0 fully saturated rings. The van der Waals surface area contributed by atoms with Crippen molar-refractivity contribution in [1.29, 1.82) is 0 Å². The predicted octanol–water partition coefficient (Wildman–Crippen LogP) is 3.48. The van der Waals surface area contributed by atoms with E-state index in [4.69, 9.17) is 9.47 Å². The minimum atomic E-state index is -0.582. The van der Waals surface area contributed by atoms with Gasteiger partial charge in [-0.3, -0.25) is 0 Å². The highest BCUT2D eigenvalue weighted by Gasteiger charge is 2.01. The quantitative estimate of drug-likeness (QED) is 0.377. The van der Waals surface area contributed by atoms with Crippen molar-refractivity contribution in [3.8, 4) is 11.5 Å². The van der Waals surface area contributed by atoms with E-state index in [0.29, 0.717) is 24.7 Å². The summed E-state index contributed by atoms with van der Waals surface area (Å²) in [5.41, 5.74) is 6.12. The lowest BCUT2D eigenvalue weighted by atomic mass is 10.2. The van der Waals surface area contributed by atoms with E-state index in [9.17, 15) is 4.79 Å². The molecule has 0 aromatic heterocycles. The molecular formula is C21H22N4O3.